The second-order valence-electron chi connectivity index (χ2n) is 10.2. The van der Waals surface area contributed by atoms with E-state index < -0.39 is 0 Å². The number of pyridine rings is 2. The molecular formula is C28H38N8O. The average molecular weight is 503 g/mol. The van der Waals surface area contributed by atoms with Gasteiger partial charge < -0.3 is 32.4 Å². The number of hydrogen-bond donors (Lipinski definition) is 5. The van der Waals surface area contributed by atoms with Crippen molar-refractivity contribution in [2.75, 3.05) is 25.0 Å². The molecule has 0 spiro atoms. The van der Waals surface area contributed by atoms with E-state index >= 15 is 0 Å². The number of anilines is 1. The van der Waals surface area contributed by atoms with Crippen LogP contribution >= 0.6 is 0 Å². The summed E-state index contributed by atoms with van der Waals surface area (Å²) in [5.41, 5.74) is 15.8. The van der Waals surface area contributed by atoms with Crippen LogP contribution in [0.3, 0.4) is 0 Å². The van der Waals surface area contributed by atoms with Crippen LogP contribution in [0.2, 0.25) is 0 Å². The van der Waals surface area contributed by atoms with Crippen molar-refractivity contribution >= 4 is 34.5 Å². The summed E-state index contributed by atoms with van der Waals surface area (Å²) in [7, 11) is 0. The highest BCUT2D eigenvalue weighted by Gasteiger charge is 2.34. The van der Waals surface area contributed by atoms with Crippen LogP contribution in [0.15, 0.2) is 54.3 Å². The number of allylic oxidation sites excluding steroid dienone is 3. The molecule has 0 unspecified atom stereocenters. The minimum atomic E-state index is 0.256. The topological polar surface area (TPSA) is 146 Å². The second kappa shape index (κ2) is 11.9. The van der Waals surface area contributed by atoms with E-state index in [2.05, 4.69) is 20.6 Å². The SMILES string of the molecule is CC(C)C(=C/N)/C=C(\N)Nc1ccc2ncc(/C(C=N)=C/NCC3CCN(C(=O)C4CC4)CC3)cc2n1. The number of nitrogens with two attached hydrogens (primary N) is 2. The minimum Gasteiger partial charge on any atom is -0.404 e. The molecule has 0 bridgehead atoms. The maximum Gasteiger partial charge on any atom is 0.225 e. The molecule has 1 aliphatic heterocycles. The van der Waals surface area contributed by atoms with E-state index in [9.17, 15) is 4.79 Å². The molecule has 2 fully saturated rings. The molecule has 37 heavy (non-hydrogen) atoms. The molecule has 2 aromatic rings. The number of rotatable bonds is 10. The summed E-state index contributed by atoms with van der Waals surface area (Å²) in [6.07, 6.45) is 12.4. The summed E-state index contributed by atoms with van der Waals surface area (Å²) in [6.45, 7) is 6.61. The van der Waals surface area contributed by atoms with Crippen LogP contribution < -0.4 is 22.1 Å². The van der Waals surface area contributed by atoms with E-state index in [0.717, 1.165) is 67.5 Å². The van der Waals surface area contributed by atoms with Crippen molar-refractivity contribution in [3.63, 3.8) is 0 Å². The van der Waals surface area contributed by atoms with Crippen molar-refractivity contribution in [1.29, 1.82) is 5.41 Å². The largest absolute Gasteiger partial charge is 0.404 e. The zero-order valence-corrected chi connectivity index (χ0v) is 21.7. The molecule has 7 N–H and O–H groups in total. The lowest BCUT2D eigenvalue weighted by atomic mass is 9.96. The van der Waals surface area contributed by atoms with E-state index in [1.807, 2.05) is 49.2 Å². The first kappa shape index (κ1) is 26.2. The number of amides is 1. The number of fused-ring (bicyclic) bond motifs is 1. The fourth-order valence-electron chi connectivity index (χ4n) is 4.49. The first-order valence-electron chi connectivity index (χ1n) is 13.0. The molecule has 2 aromatic heterocycles. The normalized spacial score (nSPS) is 17.8. The number of likely N-dealkylation sites (tertiary alicyclic amines) is 1. The van der Waals surface area contributed by atoms with Gasteiger partial charge in [0.1, 0.15) is 11.6 Å². The highest BCUT2D eigenvalue weighted by molar-refractivity contribution is 6.08. The van der Waals surface area contributed by atoms with Crippen molar-refractivity contribution in [3.05, 3.63) is 59.8 Å². The number of hydrogen-bond acceptors (Lipinski definition) is 8. The number of piperidine rings is 1. The maximum atomic E-state index is 12.3. The molecule has 1 saturated carbocycles. The summed E-state index contributed by atoms with van der Waals surface area (Å²) < 4.78 is 0. The molecular weight excluding hydrogens is 464 g/mol. The van der Waals surface area contributed by atoms with Crippen molar-refractivity contribution in [3.8, 4) is 0 Å². The Bertz CT molecular complexity index is 1220. The van der Waals surface area contributed by atoms with E-state index in [-0.39, 0.29) is 5.92 Å². The van der Waals surface area contributed by atoms with Gasteiger partial charge in [-0.25, -0.2) is 4.98 Å². The number of nitrogens with zero attached hydrogens (tertiary/aromatic N) is 3. The summed E-state index contributed by atoms with van der Waals surface area (Å²) in [5, 5.41) is 14.4. The third-order valence-corrected chi connectivity index (χ3v) is 7.00. The molecule has 0 aromatic carbocycles. The molecule has 1 amide bonds. The number of nitrogens with one attached hydrogen (secondary N) is 3. The van der Waals surface area contributed by atoms with Crippen LogP contribution in [0, 0.1) is 23.2 Å². The minimum absolute atomic E-state index is 0.256. The first-order chi connectivity index (χ1) is 17.9. The third kappa shape index (κ3) is 6.87. The van der Waals surface area contributed by atoms with Gasteiger partial charge in [-0.2, -0.15) is 0 Å². The van der Waals surface area contributed by atoms with E-state index in [0.29, 0.717) is 34.9 Å². The number of carbonyl (C=O) groups is 1. The van der Waals surface area contributed by atoms with E-state index in [1.165, 1.54) is 6.21 Å². The van der Waals surface area contributed by atoms with Crippen LogP contribution in [0.5, 0.6) is 0 Å². The molecule has 3 heterocycles. The van der Waals surface area contributed by atoms with Gasteiger partial charge in [-0.3, -0.25) is 9.78 Å². The maximum absolute atomic E-state index is 12.3. The van der Waals surface area contributed by atoms with Gasteiger partial charge in [0.2, 0.25) is 5.91 Å². The lowest BCUT2D eigenvalue weighted by molar-refractivity contribution is -0.133. The predicted molar refractivity (Wildman–Crippen MR) is 149 cm³/mol. The molecule has 0 atom stereocenters. The Labute approximate surface area is 218 Å². The molecule has 1 saturated heterocycles. The van der Waals surface area contributed by atoms with Crippen molar-refractivity contribution in [2.24, 2.45) is 29.2 Å². The molecule has 9 heteroatoms. The van der Waals surface area contributed by atoms with Gasteiger partial charge in [-0.1, -0.05) is 13.8 Å². The Morgan fingerprint density at radius 2 is 1.97 bits per heavy atom. The van der Waals surface area contributed by atoms with Crippen molar-refractivity contribution in [1.82, 2.24) is 20.2 Å². The molecule has 4 rings (SSSR count). The second-order valence-corrected chi connectivity index (χ2v) is 10.2. The van der Waals surface area contributed by atoms with Crippen molar-refractivity contribution in [2.45, 2.75) is 39.5 Å². The molecule has 196 valence electrons. The predicted octanol–water partition coefficient (Wildman–Crippen LogP) is 3.57. The van der Waals surface area contributed by atoms with Gasteiger partial charge in [0, 0.05) is 55.3 Å². The third-order valence-electron chi connectivity index (χ3n) is 7.00. The Morgan fingerprint density at radius 3 is 2.62 bits per heavy atom. The summed E-state index contributed by atoms with van der Waals surface area (Å²) >= 11 is 0. The fraction of sp³-hybridized carbons (Fsp3) is 0.429. The lowest BCUT2D eigenvalue weighted by Gasteiger charge is -2.32. The van der Waals surface area contributed by atoms with Crippen molar-refractivity contribution < 1.29 is 4.79 Å². The van der Waals surface area contributed by atoms with Crippen LogP contribution in [0.25, 0.3) is 16.6 Å². The van der Waals surface area contributed by atoms with Gasteiger partial charge in [0.25, 0.3) is 0 Å². The fourth-order valence-corrected chi connectivity index (χ4v) is 4.49. The van der Waals surface area contributed by atoms with Gasteiger partial charge in [-0.05, 0) is 73.6 Å². The first-order valence-corrected chi connectivity index (χ1v) is 13.0. The highest BCUT2D eigenvalue weighted by atomic mass is 16.2. The average Bonchev–Trinajstić information content (AvgIpc) is 3.75. The lowest BCUT2D eigenvalue weighted by Crippen LogP contribution is -2.41. The Morgan fingerprint density at radius 1 is 1.22 bits per heavy atom. The zero-order valence-electron chi connectivity index (χ0n) is 21.7. The molecule has 0 radical (unpaired) electrons. The van der Waals surface area contributed by atoms with E-state index in [4.69, 9.17) is 16.9 Å². The zero-order chi connectivity index (χ0) is 26.4. The van der Waals surface area contributed by atoms with Gasteiger partial charge in [0.15, 0.2) is 0 Å². The Balaban J connectivity index is 1.38. The van der Waals surface area contributed by atoms with Crippen LogP contribution in [-0.4, -0.2) is 46.6 Å². The molecule has 1 aliphatic carbocycles. The monoisotopic (exact) mass is 502 g/mol. The van der Waals surface area contributed by atoms with Gasteiger partial charge in [-0.15, -0.1) is 0 Å². The smallest absolute Gasteiger partial charge is 0.225 e. The standard InChI is InChI=1S/C28H38N8O/c1-18(2)21(13-29)12-26(31)35-27-6-5-24-25(34-27)11-22(17-33-24)23(14-30)16-32-15-19-7-9-36(10-8-19)28(37)20-3-4-20/h5-6,11-14,16-20,30,32H,3-4,7-10,15,29,31H2,1-2H3,(H,34,35)/b21-13+,23-16+,26-12+,30-14?. The van der Waals surface area contributed by atoms with Crippen LogP contribution in [0.1, 0.15) is 45.1 Å². The number of carbonyl (C=O) groups excluding carboxylic acids is 1. The Hall–Kier alpha value is -3.88. The summed E-state index contributed by atoms with van der Waals surface area (Å²) in [5.74, 6) is 2.47. The molecule has 9 nitrogen and oxygen atoms in total. The quantitative estimate of drug-likeness (QED) is 0.247. The number of aromatic nitrogens is 2. The highest BCUT2D eigenvalue weighted by Crippen LogP contribution is 2.32. The van der Waals surface area contributed by atoms with Crippen LogP contribution in [-0.2, 0) is 4.79 Å². The van der Waals surface area contributed by atoms with Gasteiger partial charge in [0.05, 0.1) is 11.0 Å². The van der Waals surface area contributed by atoms with Gasteiger partial charge >= 0.3 is 0 Å². The molecule has 2 aliphatic rings. The Kier molecular flexibility index (Phi) is 8.43. The summed E-state index contributed by atoms with van der Waals surface area (Å²) in [6, 6.07) is 5.64. The summed E-state index contributed by atoms with van der Waals surface area (Å²) in [4.78, 5) is 23.5. The van der Waals surface area contributed by atoms with Crippen LogP contribution in [0.4, 0.5) is 5.82 Å². The van der Waals surface area contributed by atoms with E-state index in [1.54, 1.807) is 12.4 Å².